The number of nitrogens with two attached hydrogens (primary N) is 1. The lowest BCUT2D eigenvalue weighted by atomic mass is 9.99. The summed E-state index contributed by atoms with van der Waals surface area (Å²) in [6, 6.07) is 10.9. The minimum Gasteiger partial charge on any atom is -0.495 e. The monoisotopic (exact) mass is 256 g/mol. The molecular weight excluding hydrogens is 240 g/mol. The molecule has 0 saturated carbocycles. The molecule has 4 nitrogen and oxygen atoms in total. The molecule has 1 aromatic carbocycles. The predicted molar refractivity (Wildman–Crippen MR) is 73.1 cm³/mol. The lowest BCUT2D eigenvalue weighted by molar-refractivity contribution is 0.0973. The van der Waals surface area contributed by atoms with E-state index in [2.05, 4.69) is 4.98 Å². The Kier molecular flexibility index (Phi) is 4.26. The Hall–Kier alpha value is -2.20. The number of pyridine rings is 1. The largest absolute Gasteiger partial charge is 0.495 e. The first-order valence-electron chi connectivity index (χ1n) is 6.03. The summed E-state index contributed by atoms with van der Waals surface area (Å²) >= 11 is 0. The maximum absolute atomic E-state index is 12.1. The minimum atomic E-state index is -0.306. The van der Waals surface area contributed by atoms with Crippen molar-refractivity contribution in [2.75, 3.05) is 7.11 Å². The second kappa shape index (κ2) is 6.11. The van der Waals surface area contributed by atoms with E-state index in [0.717, 1.165) is 5.56 Å². The van der Waals surface area contributed by atoms with Crippen molar-refractivity contribution in [3.05, 3.63) is 59.9 Å². The summed E-state index contributed by atoms with van der Waals surface area (Å²) in [7, 11) is 1.54. The van der Waals surface area contributed by atoms with E-state index in [9.17, 15) is 4.79 Å². The third-order valence-corrected chi connectivity index (χ3v) is 2.90. The summed E-state index contributed by atoms with van der Waals surface area (Å²) in [6.07, 6.45) is 3.34. The van der Waals surface area contributed by atoms with Crippen molar-refractivity contribution in [2.45, 2.75) is 12.5 Å². The van der Waals surface area contributed by atoms with Crippen LogP contribution in [-0.4, -0.2) is 17.9 Å². The van der Waals surface area contributed by atoms with Gasteiger partial charge < -0.3 is 10.5 Å². The van der Waals surface area contributed by atoms with Crippen molar-refractivity contribution in [3.63, 3.8) is 0 Å². The summed E-state index contributed by atoms with van der Waals surface area (Å²) in [5.74, 6) is 0.530. The molecule has 98 valence electrons. The van der Waals surface area contributed by atoms with E-state index in [1.54, 1.807) is 19.4 Å². The fourth-order valence-electron chi connectivity index (χ4n) is 1.82. The number of nitrogens with zero attached hydrogens (tertiary/aromatic N) is 1. The van der Waals surface area contributed by atoms with Gasteiger partial charge in [0.2, 0.25) is 0 Å². The Balaban J connectivity index is 2.08. The third kappa shape index (κ3) is 3.39. The first kappa shape index (κ1) is 13.2. The van der Waals surface area contributed by atoms with Crippen molar-refractivity contribution in [3.8, 4) is 5.75 Å². The average molecular weight is 256 g/mol. The van der Waals surface area contributed by atoms with Crippen LogP contribution in [0.25, 0.3) is 0 Å². The van der Waals surface area contributed by atoms with Crippen molar-refractivity contribution >= 4 is 5.78 Å². The number of carbonyl (C=O) groups excluding carboxylic acids is 1. The van der Waals surface area contributed by atoms with Crippen LogP contribution in [0.3, 0.4) is 0 Å². The standard InChI is InChI=1S/C15H16N2O2/c1-19-13-7-12(9-17-10-13)15(18)8-14(16)11-5-3-2-4-6-11/h2-7,9-10,14H,8,16H2,1H3. The molecule has 0 aliphatic rings. The topological polar surface area (TPSA) is 65.2 Å². The number of benzene rings is 1. The SMILES string of the molecule is COc1cncc(C(=O)CC(N)c2ccccc2)c1. The zero-order valence-electron chi connectivity index (χ0n) is 10.7. The number of ether oxygens (including phenoxy) is 1. The van der Waals surface area contributed by atoms with E-state index in [-0.39, 0.29) is 18.2 Å². The van der Waals surface area contributed by atoms with Crippen LogP contribution in [0.4, 0.5) is 0 Å². The summed E-state index contributed by atoms with van der Waals surface area (Å²) in [4.78, 5) is 16.1. The Morgan fingerprint density at radius 1 is 1.32 bits per heavy atom. The van der Waals surface area contributed by atoms with E-state index in [1.807, 2.05) is 30.3 Å². The lowest BCUT2D eigenvalue weighted by Gasteiger charge is -2.11. The summed E-state index contributed by atoms with van der Waals surface area (Å²) in [6.45, 7) is 0. The molecule has 1 aromatic heterocycles. The molecule has 0 spiro atoms. The molecule has 0 radical (unpaired) electrons. The van der Waals surface area contributed by atoms with Gasteiger partial charge in [0.05, 0.1) is 13.3 Å². The highest BCUT2D eigenvalue weighted by molar-refractivity contribution is 5.96. The van der Waals surface area contributed by atoms with E-state index in [0.29, 0.717) is 11.3 Å². The second-order valence-electron chi connectivity index (χ2n) is 4.26. The molecule has 2 aromatic rings. The molecule has 4 heteroatoms. The Morgan fingerprint density at radius 3 is 2.74 bits per heavy atom. The van der Waals surface area contributed by atoms with E-state index in [1.165, 1.54) is 6.20 Å². The van der Waals surface area contributed by atoms with Gasteiger partial charge in [-0.3, -0.25) is 9.78 Å². The average Bonchev–Trinajstić information content (AvgIpc) is 2.48. The summed E-state index contributed by atoms with van der Waals surface area (Å²) < 4.78 is 5.05. The number of Topliss-reactive ketones (excluding diaryl/α,β-unsaturated/α-hetero) is 1. The highest BCUT2D eigenvalue weighted by atomic mass is 16.5. The smallest absolute Gasteiger partial charge is 0.166 e. The molecule has 1 heterocycles. The van der Waals surface area contributed by atoms with Gasteiger partial charge in [-0.05, 0) is 11.6 Å². The van der Waals surface area contributed by atoms with Crippen LogP contribution in [-0.2, 0) is 0 Å². The fourth-order valence-corrected chi connectivity index (χ4v) is 1.82. The van der Waals surface area contributed by atoms with Crippen molar-refractivity contribution in [1.29, 1.82) is 0 Å². The molecule has 0 bridgehead atoms. The molecule has 0 saturated heterocycles. The molecular formula is C15H16N2O2. The molecule has 0 aliphatic carbocycles. The summed E-state index contributed by atoms with van der Waals surface area (Å²) in [5.41, 5.74) is 7.50. The van der Waals surface area contributed by atoms with Crippen LogP contribution in [0.5, 0.6) is 5.75 Å². The third-order valence-electron chi connectivity index (χ3n) is 2.90. The number of rotatable bonds is 5. The molecule has 0 fully saturated rings. The van der Waals surface area contributed by atoms with Crippen molar-refractivity contribution in [1.82, 2.24) is 4.98 Å². The van der Waals surface area contributed by atoms with Gasteiger partial charge in [-0.15, -0.1) is 0 Å². The van der Waals surface area contributed by atoms with E-state index in [4.69, 9.17) is 10.5 Å². The maximum atomic E-state index is 12.1. The van der Waals surface area contributed by atoms with Crippen LogP contribution >= 0.6 is 0 Å². The van der Waals surface area contributed by atoms with Gasteiger partial charge in [0.1, 0.15) is 5.75 Å². The molecule has 2 N–H and O–H groups in total. The lowest BCUT2D eigenvalue weighted by Crippen LogP contribution is -2.15. The van der Waals surface area contributed by atoms with Crippen LogP contribution in [0.2, 0.25) is 0 Å². The zero-order chi connectivity index (χ0) is 13.7. The number of hydrogen-bond donors (Lipinski definition) is 1. The van der Waals surface area contributed by atoms with Crippen LogP contribution in [0.15, 0.2) is 48.8 Å². The molecule has 0 aliphatic heterocycles. The summed E-state index contributed by atoms with van der Waals surface area (Å²) in [5, 5.41) is 0. The van der Waals surface area contributed by atoms with Crippen LogP contribution in [0.1, 0.15) is 28.4 Å². The number of aromatic nitrogens is 1. The van der Waals surface area contributed by atoms with Gasteiger partial charge in [0.15, 0.2) is 5.78 Å². The van der Waals surface area contributed by atoms with Crippen molar-refractivity contribution in [2.24, 2.45) is 5.73 Å². The highest BCUT2D eigenvalue weighted by Crippen LogP contribution is 2.18. The number of ketones is 1. The van der Waals surface area contributed by atoms with Gasteiger partial charge in [0, 0.05) is 24.2 Å². The number of hydrogen-bond acceptors (Lipinski definition) is 4. The Bertz CT molecular complexity index is 555. The van der Waals surface area contributed by atoms with E-state index < -0.39 is 0 Å². The molecule has 1 atom stereocenters. The minimum absolute atomic E-state index is 0.0391. The first-order valence-corrected chi connectivity index (χ1v) is 6.03. The first-order chi connectivity index (χ1) is 9.20. The van der Waals surface area contributed by atoms with Gasteiger partial charge in [-0.25, -0.2) is 0 Å². The van der Waals surface area contributed by atoms with Gasteiger partial charge in [-0.2, -0.15) is 0 Å². The van der Waals surface area contributed by atoms with Gasteiger partial charge >= 0.3 is 0 Å². The Labute approximate surface area is 112 Å². The van der Waals surface area contributed by atoms with Gasteiger partial charge in [0.25, 0.3) is 0 Å². The van der Waals surface area contributed by atoms with Crippen LogP contribution in [0, 0.1) is 0 Å². The molecule has 2 rings (SSSR count). The van der Waals surface area contributed by atoms with Crippen LogP contribution < -0.4 is 10.5 Å². The fraction of sp³-hybridized carbons (Fsp3) is 0.200. The number of methoxy groups -OCH3 is 1. The molecule has 1 unspecified atom stereocenters. The molecule has 0 amide bonds. The predicted octanol–water partition coefficient (Wildman–Crippen LogP) is 2.36. The van der Waals surface area contributed by atoms with Gasteiger partial charge in [-0.1, -0.05) is 30.3 Å². The number of carbonyl (C=O) groups is 1. The zero-order valence-corrected chi connectivity index (χ0v) is 10.7. The quantitative estimate of drug-likeness (QED) is 0.834. The van der Waals surface area contributed by atoms with E-state index >= 15 is 0 Å². The van der Waals surface area contributed by atoms with Crippen molar-refractivity contribution < 1.29 is 9.53 Å². The normalized spacial score (nSPS) is 11.9. The Morgan fingerprint density at radius 2 is 2.05 bits per heavy atom. The maximum Gasteiger partial charge on any atom is 0.166 e. The highest BCUT2D eigenvalue weighted by Gasteiger charge is 2.14. The molecule has 19 heavy (non-hydrogen) atoms. The second-order valence-corrected chi connectivity index (χ2v) is 4.26.